The Morgan fingerprint density at radius 2 is 1.78 bits per heavy atom. The molecule has 0 aliphatic carbocycles. The predicted octanol–water partition coefficient (Wildman–Crippen LogP) is 6.78. The number of hydrogen-bond donors (Lipinski definition) is 1. The van der Waals surface area contributed by atoms with Crippen LogP contribution < -0.4 is 0 Å². The van der Waals surface area contributed by atoms with E-state index in [1.807, 2.05) is 32.0 Å². The summed E-state index contributed by atoms with van der Waals surface area (Å²) >= 11 is 0. The van der Waals surface area contributed by atoms with Gasteiger partial charge < -0.3 is 10.0 Å². The molecular weight excluding hydrogens is 415 g/mol. The number of likely N-dealkylation sites (tertiary alicyclic amines) is 1. The maximum atomic E-state index is 13.0. The molecule has 2 aromatic carbocycles. The van der Waals surface area contributed by atoms with Crippen LogP contribution in [0, 0.1) is 5.92 Å². The summed E-state index contributed by atoms with van der Waals surface area (Å²) in [5, 5.41) is 9.91. The van der Waals surface area contributed by atoms with E-state index < -0.39 is 23.6 Å². The van der Waals surface area contributed by atoms with Crippen molar-refractivity contribution in [2.24, 2.45) is 5.92 Å². The molecule has 0 aromatic heterocycles. The molecule has 1 saturated heterocycles. The molecule has 1 N–H and O–H groups in total. The minimum absolute atomic E-state index is 0.206. The number of benzene rings is 2. The van der Waals surface area contributed by atoms with E-state index in [1.165, 1.54) is 12.1 Å². The summed E-state index contributed by atoms with van der Waals surface area (Å²) < 4.78 is 39.0. The zero-order chi connectivity index (χ0) is 23.6. The summed E-state index contributed by atoms with van der Waals surface area (Å²) in [5.74, 6) is -1.02. The van der Waals surface area contributed by atoms with E-state index in [2.05, 4.69) is 18.9 Å². The zero-order valence-electron chi connectivity index (χ0n) is 19.1. The molecule has 3 atom stereocenters. The Kier molecular flexibility index (Phi) is 7.33. The Balaban J connectivity index is 2.06. The second-order valence-corrected chi connectivity index (χ2v) is 9.53. The van der Waals surface area contributed by atoms with E-state index in [-0.39, 0.29) is 5.92 Å². The van der Waals surface area contributed by atoms with Gasteiger partial charge in [-0.3, -0.25) is 4.79 Å². The second kappa shape index (κ2) is 9.65. The molecule has 174 valence electrons. The van der Waals surface area contributed by atoms with Gasteiger partial charge in [0, 0.05) is 6.04 Å². The van der Waals surface area contributed by atoms with Crippen LogP contribution >= 0.6 is 0 Å². The zero-order valence-corrected chi connectivity index (χ0v) is 19.1. The first kappa shape index (κ1) is 24.3. The first-order valence-electron chi connectivity index (χ1n) is 11.2. The van der Waals surface area contributed by atoms with Gasteiger partial charge in [0.05, 0.1) is 11.5 Å². The van der Waals surface area contributed by atoms with Gasteiger partial charge in [0.15, 0.2) is 0 Å². The minimum Gasteiger partial charge on any atom is -0.481 e. The average Bonchev–Trinajstić information content (AvgIpc) is 2.73. The van der Waals surface area contributed by atoms with E-state index in [1.54, 1.807) is 0 Å². The number of nitrogens with zero attached hydrogens (tertiary/aromatic N) is 1. The molecule has 0 saturated carbocycles. The largest absolute Gasteiger partial charge is 0.481 e. The highest BCUT2D eigenvalue weighted by atomic mass is 19.4. The van der Waals surface area contributed by atoms with E-state index >= 15 is 0 Å². The Labute approximate surface area is 188 Å². The molecule has 1 aliphatic rings. The number of carbonyl (C=O) groups is 1. The van der Waals surface area contributed by atoms with E-state index in [4.69, 9.17) is 0 Å². The van der Waals surface area contributed by atoms with Gasteiger partial charge in [0.25, 0.3) is 0 Å². The van der Waals surface area contributed by atoms with Crippen molar-refractivity contribution in [2.75, 3.05) is 13.6 Å². The molecule has 1 aliphatic heterocycles. The number of carboxylic acids is 1. The molecule has 6 heteroatoms. The second-order valence-electron chi connectivity index (χ2n) is 9.53. The van der Waals surface area contributed by atoms with Crippen LogP contribution in [0.5, 0.6) is 0 Å². The van der Waals surface area contributed by atoms with Gasteiger partial charge in [0.2, 0.25) is 0 Å². The smallest absolute Gasteiger partial charge is 0.416 e. The molecule has 32 heavy (non-hydrogen) atoms. The number of carboxylic acid groups (broad SMARTS) is 1. The van der Waals surface area contributed by atoms with Crippen LogP contribution in [0.25, 0.3) is 11.1 Å². The van der Waals surface area contributed by atoms with Crippen molar-refractivity contribution >= 4 is 5.97 Å². The topological polar surface area (TPSA) is 40.5 Å². The molecule has 0 bridgehead atoms. The van der Waals surface area contributed by atoms with Crippen LogP contribution in [-0.4, -0.2) is 35.6 Å². The van der Waals surface area contributed by atoms with Crippen LogP contribution in [0.2, 0.25) is 0 Å². The Morgan fingerprint density at radius 1 is 1.12 bits per heavy atom. The van der Waals surface area contributed by atoms with Crippen LogP contribution in [0.1, 0.15) is 68.6 Å². The molecule has 3 nitrogen and oxygen atoms in total. The van der Waals surface area contributed by atoms with Gasteiger partial charge in [-0.05, 0) is 86.0 Å². The van der Waals surface area contributed by atoms with E-state index in [0.717, 1.165) is 48.2 Å². The van der Waals surface area contributed by atoms with Crippen molar-refractivity contribution in [3.05, 3.63) is 59.2 Å². The Hall–Kier alpha value is -2.34. The highest BCUT2D eigenvalue weighted by Gasteiger charge is 2.30. The normalized spacial score (nSPS) is 21.0. The van der Waals surface area contributed by atoms with Crippen molar-refractivity contribution in [1.29, 1.82) is 0 Å². The summed E-state index contributed by atoms with van der Waals surface area (Å²) in [5.41, 5.74) is 2.55. The van der Waals surface area contributed by atoms with Crippen LogP contribution in [-0.2, 0) is 11.0 Å². The number of alkyl halides is 3. The average molecular weight is 448 g/mol. The highest BCUT2D eigenvalue weighted by molar-refractivity contribution is 5.77. The van der Waals surface area contributed by atoms with Gasteiger partial charge in [-0.1, -0.05) is 44.2 Å². The van der Waals surface area contributed by atoms with Crippen LogP contribution in [0.15, 0.2) is 42.5 Å². The van der Waals surface area contributed by atoms with Crippen molar-refractivity contribution in [2.45, 2.75) is 64.1 Å². The first-order chi connectivity index (χ1) is 15.0. The SMILES string of the molecule is CC(C)CC(C(=O)O)c1cc(-c2ccc(C(F)(F)F)cc2)cc(C2CCN(C)C(C)C2)c1. The molecule has 2 aromatic rings. The lowest BCUT2D eigenvalue weighted by Crippen LogP contribution is -2.36. The van der Waals surface area contributed by atoms with Crippen molar-refractivity contribution in [3.63, 3.8) is 0 Å². The Bertz CT molecular complexity index is 937. The Morgan fingerprint density at radius 3 is 2.31 bits per heavy atom. The van der Waals surface area contributed by atoms with E-state index in [9.17, 15) is 23.1 Å². The maximum absolute atomic E-state index is 13.0. The summed E-state index contributed by atoms with van der Waals surface area (Å²) in [6, 6.07) is 11.4. The fourth-order valence-corrected chi connectivity index (χ4v) is 4.57. The molecule has 0 amide bonds. The fraction of sp³-hybridized carbons (Fsp3) is 0.500. The van der Waals surface area contributed by atoms with Gasteiger partial charge >= 0.3 is 12.1 Å². The third kappa shape index (κ3) is 5.71. The highest BCUT2D eigenvalue weighted by Crippen LogP contribution is 2.38. The van der Waals surface area contributed by atoms with Crippen LogP contribution in [0.3, 0.4) is 0 Å². The molecular formula is C26H32F3NO2. The quantitative estimate of drug-likeness (QED) is 0.530. The van der Waals surface area contributed by atoms with Gasteiger partial charge in [-0.25, -0.2) is 0 Å². The third-order valence-corrected chi connectivity index (χ3v) is 6.61. The third-order valence-electron chi connectivity index (χ3n) is 6.61. The van der Waals surface area contributed by atoms with E-state index in [0.29, 0.717) is 23.9 Å². The predicted molar refractivity (Wildman–Crippen MR) is 121 cm³/mol. The van der Waals surface area contributed by atoms with Gasteiger partial charge in [0.1, 0.15) is 0 Å². The maximum Gasteiger partial charge on any atom is 0.416 e. The number of aliphatic carboxylic acids is 1. The summed E-state index contributed by atoms with van der Waals surface area (Å²) in [6.45, 7) is 7.13. The lowest BCUT2D eigenvalue weighted by atomic mass is 9.81. The fourth-order valence-electron chi connectivity index (χ4n) is 4.57. The van der Waals surface area contributed by atoms with Gasteiger partial charge in [-0.15, -0.1) is 0 Å². The molecule has 3 unspecified atom stereocenters. The summed E-state index contributed by atoms with van der Waals surface area (Å²) in [7, 11) is 2.11. The number of hydrogen-bond acceptors (Lipinski definition) is 2. The van der Waals surface area contributed by atoms with Gasteiger partial charge in [-0.2, -0.15) is 13.2 Å². The van der Waals surface area contributed by atoms with Crippen molar-refractivity contribution in [1.82, 2.24) is 4.90 Å². The number of halogens is 3. The standard InChI is InChI=1S/C26H32F3NO2/c1-16(2)11-24(25(31)32)22-14-20(18-5-7-23(8-6-18)26(27,28)29)13-21(15-22)19-9-10-30(4)17(3)12-19/h5-8,13-17,19,24H,9-12H2,1-4H3,(H,31,32). The molecule has 3 rings (SSSR count). The summed E-state index contributed by atoms with van der Waals surface area (Å²) in [6.07, 6.45) is -1.94. The molecule has 1 heterocycles. The van der Waals surface area contributed by atoms with Crippen LogP contribution in [0.4, 0.5) is 13.2 Å². The minimum atomic E-state index is -4.39. The summed E-state index contributed by atoms with van der Waals surface area (Å²) in [4.78, 5) is 14.4. The van der Waals surface area contributed by atoms with Crippen molar-refractivity contribution < 1.29 is 23.1 Å². The number of piperidine rings is 1. The molecule has 0 spiro atoms. The molecule has 0 radical (unpaired) electrons. The van der Waals surface area contributed by atoms with Crippen molar-refractivity contribution in [3.8, 4) is 11.1 Å². The molecule has 1 fully saturated rings. The first-order valence-corrected chi connectivity index (χ1v) is 11.2. The lowest BCUT2D eigenvalue weighted by molar-refractivity contribution is -0.139. The monoisotopic (exact) mass is 447 g/mol. The lowest BCUT2D eigenvalue weighted by Gasteiger charge is -2.35. The number of rotatable bonds is 6.